The van der Waals surface area contributed by atoms with Gasteiger partial charge in [0.05, 0.1) is 11.3 Å². The van der Waals surface area contributed by atoms with E-state index in [4.69, 9.17) is 0 Å². The molecule has 0 aromatic carbocycles. The normalized spacial score (nSPS) is 21.6. The number of aryl methyl sites for hydroxylation is 1. The van der Waals surface area contributed by atoms with Crippen LogP contribution in [0.2, 0.25) is 0 Å². The fraction of sp³-hybridized carbons (Fsp3) is 0.571. The van der Waals surface area contributed by atoms with Crippen LogP contribution in [0.25, 0.3) is 0 Å². The second-order valence-electron chi connectivity index (χ2n) is 5.28. The average molecular weight is 247 g/mol. The van der Waals surface area contributed by atoms with Crippen molar-refractivity contribution in [3.05, 3.63) is 23.5 Å². The molecule has 1 N–H and O–H groups in total. The quantitative estimate of drug-likeness (QED) is 0.886. The third kappa shape index (κ3) is 2.63. The van der Waals surface area contributed by atoms with Crippen LogP contribution in [-0.2, 0) is 0 Å². The van der Waals surface area contributed by atoms with E-state index in [0.29, 0.717) is 11.5 Å². The van der Waals surface area contributed by atoms with Crippen LogP contribution < -0.4 is 5.32 Å². The van der Waals surface area contributed by atoms with E-state index in [1.165, 1.54) is 6.42 Å². The van der Waals surface area contributed by atoms with E-state index < -0.39 is 0 Å². The Bertz CT molecular complexity index is 458. The summed E-state index contributed by atoms with van der Waals surface area (Å²) in [5.74, 6) is 1.49. The van der Waals surface area contributed by atoms with Gasteiger partial charge in [-0.3, -0.25) is 9.78 Å². The highest BCUT2D eigenvalue weighted by Gasteiger charge is 2.34. The molecule has 0 saturated heterocycles. The molecule has 0 spiro atoms. The van der Waals surface area contributed by atoms with Crippen LogP contribution in [0.15, 0.2) is 12.3 Å². The number of nitrogens with one attached hydrogen (secondary N) is 1. The van der Waals surface area contributed by atoms with Crippen LogP contribution in [-0.4, -0.2) is 36.4 Å². The first-order valence-corrected chi connectivity index (χ1v) is 6.42. The number of nitrogens with zero attached hydrogens (tertiary/aromatic N) is 2. The van der Waals surface area contributed by atoms with Gasteiger partial charge in [0.25, 0.3) is 5.91 Å². The van der Waals surface area contributed by atoms with Gasteiger partial charge in [-0.05, 0) is 31.2 Å². The Morgan fingerprint density at radius 1 is 1.61 bits per heavy atom. The maximum absolute atomic E-state index is 12.4. The zero-order valence-corrected chi connectivity index (χ0v) is 11.5. The van der Waals surface area contributed by atoms with Gasteiger partial charge in [0.2, 0.25) is 0 Å². The maximum Gasteiger partial charge on any atom is 0.257 e. The van der Waals surface area contributed by atoms with Crippen LogP contribution in [0, 0.1) is 18.8 Å². The zero-order chi connectivity index (χ0) is 13.3. The van der Waals surface area contributed by atoms with Crippen LogP contribution >= 0.6 is 0 Å². The third-order valence-electron chi connectivity index (χ3n) is 3.67. The van der Waals surface area contributed by atoms with Crippen molar-refractivity contribution < 1.29 is 4.79 Å². The minimum absolute atomic E-state index is 0.0472. The fourth-order valence-electron chi connectivity index (χ4n) is 2.23. The van der Waals surface area contributed by atoms with E-state index in [-0.39, 0.29) is 5.91 Å². The van der Waals surface area contributed by atoms with Crippen molar-refractivity contribution in [1.29, 1.82) is 0 Å². The first kappa shape index (κ1) is 12.9. The van der Waals surface area contributed by atoms with Gasteiger partial charge in [-0.15, -0.1) is 0 Å². The first-order valence-electron chi connectivity index (χ1n) is 6.42. The molecule has 18 heavy (non-hydrogen) atoms. The molecule has 1 aliphatic rings. The molecule has 0 radical (unpaired) electrons. The van der Waals surface area contributed by atoms with Crippen molar-refractivity contribution in [3.8, 4) is 0 Å². The summed E-state index contributed by atoms with van der Waals surface area (Å²) in [6.07, 6.45) is 2.90. The number of rotatable bonds is 4. The Balaban J connectivity index is 2.12. The molecule has 4 heteroatoms. The largest absolute Gasteiger partial charge is 0.387 e. The van der Waals surface area contributed by atoms with Gasteiger partial charge >= 0.3 is 0 Å². The monoisotopic (exact) mass is 247 g/mol. The van der Waals surface area contributed by atoms with Gasteiger partial charge in [0.1, 0.15) is 0 Å². The summed E-state index contributed by atoms with van der Waals surface area (Å²) >= 11 is 0. The standard InChI is InChI=1S/C14H21N3O/c1-9-5-11(9)8-17(4)14(18)12-7-16-10(2)6-13(12)15-3/h6-7,9,11H,5,8H2,1-4H3,(H,15,16). The molecule has 1 heterocycles. The summed E-state index contributed by atoms with van der Waals surface area (Å²) in [7, 11) is 3.70. The molecule has 4 nitrogen and oxygen atoms in total. The maximum atomic E-state index is 12.4. The Hall–Kier alpha value is -1.58. The Labute approximate surface area is 108 Å². The molecular weight excluding hydrogens is 226 g/mol. The third-order valence-corrected chi connectivity index (χ3v) is 3.67. The van der Waals surface area contributed by atoms with E-state index in [2.05, 4.69) is 17.2 Å². The van der Waals surface area contributed by atoms with Crippen molar-refractivity contribution in [3.63, 3.8) is 0 Å². The van der Waals surface area contributed by atoms with Gasteiger partial charge in [0.15, 0.2) is 0 Å². The van der Waals surface area contributed by atoms with Gasteiger partial charge in [0, 0.05) is 32.5 Å². The van der Waals surface area contributed by atoms with E-state index in [0.717, 1.165) is 23.8 Å². The van der Waals surface area contributed by atoms with E-state index in [1.54, 1.807) is 11.1 Å². The van der Waals surface area contributed by atoms with Crippen molar-refractivity contribution in [2.24, 2.45) is 11.8 Å². The Morgan fingerprint density at radius 3 is 2.83 bits per heavy atom. The predicted octanol–water partition coefficient (Wildman–Crippen LogP) is 2.16. The Morgan fingerprint density at radius 2 is 2.28 bits per heavy atom. The molecule has 1 amide bonds. The summed E-state index contributed by atoms with van der Waals surface area (Å²) in [5.41, 5.74) is 2.41. The SMILES string of the molecule is CNc1cc(C)ncc1C(=O)N(C)CC1CC1C. The number of carbonyl (C=O) groups is 1. The number of pyridine rings is 1. The lowest BCUT2D eigenvalue weighted by atomic mass is 10.2. The molecule has 98 valence electrons. The van der Waals surface area contributed by atoms with Crippen molar-refractivity contribution in [1.82, 2.24) is 9.88 Å². The smallest absolute Gasteiger partial charge is 0.257 e. The number of carbonyl (C=O) groups excluding carboxylic acids is 1. The minimum atomic E-state index is 0.0472. The molecule has 2 rings (SSSR count). The predicted molar refractivity (Wildman–Crippen MR) is 72.8 cm³/mol. The molecule has 0 aliphatic heterocycles. The number of amides is 1. The fourth-order valence-corrected chi connectivity index (χ4v) is 2.23. The summed E-state index contributed by atoms with van der Waals surface area (Å²) < 4.78 is 0. The zero-order valence-electron chi connectivity index (χ0n) is 11.5. The average Bonchev–Trinajstić information content (AvgIpc) is 3.03. The molecule has 2 atom stereocenters. The van der Waals surface area contributed by atoms with E-state index in [9.17, 15) is 4.79 Å². The minimum Gasteiger partial charge on any atom is -0.387 e. The molecule has 1 aromatic heterocycles. The Kier molecular flexibility index (Phi) is 3.55. The van der Waals surface area contributed by atoms with Crippen molar-refractivity contribution >= 4 is 11.6 Å². The molecule has 1 aliphatic carbocycles. The number of hydrogen-bond acceptors (Lipinski definition) is 3. The molecule has 0 bridgehead atoms. The van der Waals surface area contributed by atoms with Crippen molar-refractivity contribution in [2.75, 3.05) is 26.0 Å². The second-order valence-corrected chi connectivity index (χ2v) is 5.28. The van der Waals surface area contributed by atoms with Crippen LogP contribution in [0.5, 0.6) is 0 Å². The van der Waals surface area contributed by atoms with Gasteiger partial charge in [-0.2, -0.15) is 0 Å². The topological polar surface area (TPSA) is 45.2 Å². The van der Waals surface area contributed by atoms with Crippen LogP contribution in [0.1, 0.15) is 29.4 Å². The molecule has 2 unspecified atom stereocenters. The number of hydrogen-bond donors (Lipinski definition) is 1. The molecule has 1 aromatic rings. The lowest BCUT2D eigenvalue weighted by Gasteiger charge is -2.19. The highest BCUT2D eigenvalue weighted by atomic mass is 16.2. The van der Waals surface area contributed by atoms with E-state index >= 15 is 0 Å². The van der Waals surface area contributed by atoms with Crippen LogP contribution in [0.4, 0.5) is 5.69 Å². The van der Waals surface area contributed by atoms with Gasteiger partial charge in [-0.25, -0.2) is 0 Å². The summed E-state index contributed by atoms with van der Waals surface area (Å²) in [5, 5.41) is 3.06. The first-order chi connectivity index (χ1) is 8.52. The molecule has 1 saturated carbocycles. The summed E-state index contributed by atoms with van der Waals surface area (Å²) in [6, 6.07) is 1.90. The van der Waals surface area contributed by atoms with Crippen molar-refractivity contribution in [2.45, 2.75) is 20.3 Å². The van der Waals surface area contributed by atoms with Gasteiger partial charge < -0.3 is 10.2 Å². The number of anilines is 1. The van der Waals surface area contributed by atoms with E-state index in [1.807, 2.05) is 27.1 Å². The number of aromatic nitrogens is 1. The summed E-state index contributed by atoms with van der Waals surface area (Å²) in [6.45, 7) is 5.00. The highest BCUT2D eigenvalue weighted by Crippen LogP contribution is 2.38. The molecular formula is C14H21N3O. The second kappa shape index (κ2) is 4.96. The highest BCUT2D eigenvalue weighted by molar-refractivity contribution is 5.99. The summed E-state index contributed by atoms with van der Waals surface area (Å²) in [4.78, 5) is 18.4. The molecule has 1 fully saturated rings. The van der Waals surface area contributed by atoms with Gasteiger partial charge in [-0.1, -0.05) is 6.92 Å². The lowest BCUT2D eigenvalue weighted by Crippen LogP contribution is -2.29. The van der Waals surface area contributed by atoms with Crippen LogP contribution in [0.3, 0.4) is 0 Å². The lowest BCUT2D eigenvalue weighted by molar-refractivity contribution is 0.0787.